The maximum atomic E-state index is 13.9. The van der Waals surface area contributed by atoms with Crippen molar-refractivity contribution in [3.05, 3.63) is 159 Å². The molecule has 5 aromatic carbocycles. The predicted molar refractivity (Wildman–Crippen MR) is 221 cm³/mol. The number of benzene rings is 5. The number of rotatable bonds is 15. The first-order valence-electron chi connectivity index (χ1n) is 17.2. The SMILES string of the molecule is COc1cc(/C=C(/NC(=O)c2ccccc2)C(=O)Nc2cccc(SC(C(=O)Nc3nc(-c4cccc([N+](=O)[O-])c4)cs3)c3ccccc3)c2)cc(OC)c1OC. The fourth-order valence-electron chi connectivity index (χ4n) is 5.59. The number of nitrogens with zero attached hydrogens (tertiary/aromatic N) is 2. The zero-order chi connectivity index (χ0) is 40.3. The molecule has 1 atom stereocenters. The molecule has 6 rings (SSSR count). The van der Waals surface area contributed by atoms with Crippen LogP contribution in [0, 0.1) is 10.1 Å². The van der Waals surface area contributed by atoms with Gasteiger partial charge < -0.3 is 30.2 Å². The average Bonchev–Trinajstić information content (AvgIpc) is 3.71. The van der Waals surface area contributed by atoms with E-state index >= 15 is 0 Å². The smallest absolute Gasteiger partial charge is 0.272 e. The lowest BCUT2D eigenvalue weighted by atomic mass is 10.1. The van der Waals surface area contributed by atoms with Gasteiger partial charge in [-0.25, -0.2) is 4.98 Å². The van der Waals surface area contributed by atoms with Gasteiger partial charge in [0.2, 0.25) is 11.7 Å². The van der Waals surface area contributed by atoms with E-state index in [0.29, 0.717) is 55.3 Å². The molecular formula is C42H35N5O8S2. The Labute approximate surface area is 335 Å². The van der Waals surface area contributed by atoms with Crippen molar-refractivity contribution in [2.75, 3.05) is 32.0 Å². The van der Waals surface area contributed by atoms with E-state index in [1.807, 2.05) is 36.4 Å². The monoisotopic (exact) mass is 801 g/mol. The summed E-state index contributed by atoms with van der Waals surface area (Å²) in [6.07, 6.45) is 1.50. The lowest BCUT2D eigenvalue weighted by Crippen LogP contribution is -2.30. The first kappa shape index (κ1) is 39.7. The second-order valence-electron chi connectivity index (χ2n) is 12.1. The van der Waals surface area contributed by atoms with E-state index in [1.54, 1.807) is 78.2 Å². The van der Waals surface area contributed by atoms with Crippen molar-refractivity contribution >= 4 is 63.4 Å². The van der Waals surface area contributed by atoms with E-state index in [2.05, 4.69) is 20.9 Å². The molecule has 1 unspecified atom stereocenters. The summed E-state index contributed by atoms with van der Waals surface area (Å²) in [4.78, 5) is 57.1. The Hall–Kier alpha value is -6.97. The van der Waals surface area contributed by atoms with Crippen LogP contribution in [0.1, 0.15) is 26.7 Å². The van der Waals surface area contributed by atoms with Crippen molar-refractivity contribution < 1.29 is 33.5 Å². The van der Waals surface area contributed by atoms with Gasteiger partial charge in [0, 0.05) is 39.2 Å². The number of amides is 3. The maximum absolute atomic E-state index is 13.9. The standard InChI is InChI=1S/C42H35N5O8S2/c1-53-35-21-26(22-36(54-2)37(35)55-3)20-33(44-39(48)28-14-8-5-9-15-28)40(49)43-30-17-11-19-32(24-30)57-38(27-12-6-4-7-13-27)41(50)46-42-45-34(25-56-42)29-16-10-18-31(23-29)47(51)52/h4-25,38H,1-3H3,(H,43,49)(H,44,48)(H,45,46,50)/b33-20+. The first-order chi connectivity index (χ1) is 27.6. The molecule has 0 fully saturated rings. The average molecular weight is 802 g/mol. The zero-order valence-corrected chi connectivity index (χ0v) is 32.4. The topological polar surface area (TPSA) is 171 Å². The van der Waals surface area contributed by atoms with Gasteiger partial charge in [-0.05, 0) is 59.7 Å². The third kappa shape index (κ3) is 10.0. The minimum Gasteiger partial charge on any atom is -0.493 e. The molecule has 1 heterocycles. The molecule has 0 aliphatic carbocycles. The maximum Gasteiger partial charge on any atom is 0.272 e. The molecule has 288 valence electrons. The molecule has 0 aliphatic heterocycles. The van der Waals surface area contributed by atoms with Gasteiger partial charge in [0.05, 0.1) is 31.9 Å². The highest BCUT2D eigenvalue weighted by atomic mass is 32.2. The van der Waals surface area contributed by atoms with Crippen LogP contribution in [0.25, 0.3) is 17.3 Å². The molecule has 0 bridgehead atoms. The Bertz CT molecular complexity index is 2410. The third-order valence-corrected chi connectivity index (χ3v) is 10.3. The normalized spacial score (nSPS) is 11.5. The van der Waals surface area contributed by atoms with Crippen LogP contribution in [0.3, 0.4) is 0 Å². The van der Waals surface area contributed by atoms with Crippen molar-refractivity contribution in [2.24, 2.45) is 0 Å². The molecule has 0 saturated heterocycles. The fraction of sp³-hybridized carbons (Fsp3) is 0.0952. The van der Waals surface area contributed by atoms with E-state index in [4.69, 9.17) is 14.2 Å². The third-order valence-electron chi connectivity index (χ3n) is 8.30. The minimum absolute atomic E-state index is 0.0622. The molecular weight excluding hydrogens is 767 g/mol. The summed E-state index contributed by atoms with van der Waals surface area (Å²) in [6, 6.07) is 34.1. The summed E-state index contributed by atoms with van der Waals surface area (Å²) in [5.41, 5.74) is 2.88. The Morgan fingerprint density at radius 1 is 0.807 bits per heavy atom. The summed E-state index contributed by atoms with van der Waals surface area (Å²) < 4.78 is 16.4. The van der Waals surface area contributed by atoms with Crippen molar-refractivity contribution in [2.45, 2.75) is 10.1 Å². The number of ether oxygens (including phenoxy) is 3. The lowest BCUT2D eigenvalue weighted by molar-refractivity contribution is -0.384. The number of aromatic nitrogens is 1. The molecule has 15 heteroatoms. The summed E-state index contributed by atoms with van der Waals surface area (Å²) in [6.45, 7) is 0. The first-order valence-corrected chi connectivity index (χ1v) is 18.9. The molecule has 3 amide bonds. The Kier molecular flexibility index (Phi) is 12.9. The van der Waals surface area contributed by atoms with E-state index in [0.717, 1.165) is 5.56 Å². The van der Waals surface area contributed by atoms with Gasteiger partial charge in [0.1, 0.15) is 10.9 Å². The highest BCUT2D eigenvalue weighted by Crippen LogP contribution is 2.40. The van der Waals surface area contributed by atoms with Gasteiger partial charge >= 0.3 is 0 Å². The number of methoxy groups -OCH3 is 3. The Balaban J connectivity index is 1.25. The Morgan fingerprint density at radius 3 is 2.16 bits per heavy atom. The van der Waals surface area contributed by atoms with Crippen LogP contribution < -0.4 is 30.2 Å². The summed E-state index contributed by atoms with van der Waals surface area (Å²) in [5.74, 6) is -0.378. The van der Waals surface area contributed by atoms with Crippen LogP contribution in [0.5, 0.6) is 17.2 Å². The molecule has 0 radical (unpaired) electrons. The van der Waals surface area contributed by atoms with Crippen molar-refractivity contribution in [3.8, 4) is 28.5 Å². The van der Waals surface area contributed by atoms with Crippen LogP contribution in [-0.4, -0.2) is 49.0 Å². The highest BCUT2D eigenvalue weighted by molar-refractivity contribution is 8.00. The largest absolute Gasteiger partial charge is 0.493 e. The molecule has 1 aromatic heterocycles. The fourth-order valence-corrected chi connectivity index (χ4v) is 7.40. The number of nitrogens with one attached hydrogen (secondary N) is 3. The molecule has 0 saturated carbocycles. The predicted octanol–water partition coefficient (Wildman–Crippen LogP) is 8.63. The number of anilines is 2. The number of carbonyl (C=O) groups is 3. The van der Waals surface area contributed by atoms with E-state index in [9.17, 15) is 24.5 Å². The number of carbonyl (C=O) groups excluding carboxylic acids is 3. The van der Waals surface area contributed by atoms with Crippen LogP contribution in [0.4, 0.5) is 16.5 Å². The summed E-state index contributed by atoms with van der Waals surface area (Å²) in [5, 5.41) is 21.1. The molecule has 0 spiro atoms. The van der Waals surface area contributed by atoms with Crippen LogP contribution in [0.2, 0.25) is 0 Å². The quantitative estimate of drug-likeness (QED) is 0.0395. The lowest BCUT2D eigenvalue weighted by Gasteiger charge is -2.17. The van der Waals surface area contributed by atoms with Crippen molar-refractivity contribution in [1.29, 1.82) is 0 Å². The van der Waals surface area contributed by atoms with Gasteiger partial charge in [-0.3, -0.25) is 24.5 Å². The summed E-state index contributed by atoms with van der Waals surface area (Å²) >= 11 is 2.47. The minimum atomic E-state index is -0.733. The van der Waals surface area contributed by atoms with Crippen LogP contribution in [-0.2, 0) is 9.59 Å². The number of thiazole rings is 1. The van der Waals surface area contributed by atoms with E-state index in [1.165, 1.54) is 62.6 Å². The number of nitro benzene ring substituents is 1. The summed E-state index contributed by atoms with van der Waals surface area (Å²) in [7, 11) is 4.44. The Morgan fingerprint density at radius 2 is 1.49 bits per heavy atom. The second-order valence-corrected chi connectivity index (χ2v) is 14.1. The number of non-ortho nitro benzene ring substituents is 1. The number of thioether (sulfide) groups is 1. The second kappa shape index (κ2) is 18.6. The molecule has 3 N–H and O–H groups in total. The van der Waals surface area contributed by atoms with Crippen LogP contribution in [0.15, 0.2) is 137 Å². The number of hydrogen-bond donors (Lipinski definition) is 3. The van der Waals surface area contributed by atoms with E-state index < -0.39 is 22.0 Å². The highest BCUT2D eigenvalue weighted by Gasteiger charge is 2.24. The molecule has 57 heavy (non-hydrogen) atoms. The number of hydrogen-bond acceptors (Lipinski definition) is 11. The molecule has 6 aromatic rings. The van der Waals surface area contributed by atoms with Gasteiger partial charge in [-0.15, -0.1) is 23.1 Å². The molecule has 0 aliphatic rings. The van der Waals surface area contributed by atoms with Gasteiger partial charge in [-0.1, -0.05) is 66.7 Å². The number of nitro groups is 1. The molecule has 13 nitrogen and oxygen atoms in total. The van der Waals surface area contributed by atoms with Crippen LogP contribution >= 0.6 is 23.1 Å². The van der Waals surface area contributed by atoms with Gasteiger partial charge in [-0.2, -0.15) is 0 Å². The van der Waals surface area contributed by atoms with Gasteiger partial charge in [0.15, 0.2) is 16.6 Å². The van der Waals surface area contributed by atoms with Gasteiger partial charge in [0.25, 0.3) is 17.5 Å². The zero-order valence-electron chi connectivity index (χ0n) is 30.8. The van der Waals surface area contributed by atoms with Crippen molar-refractivity contribution in [3.63, 3.8) is 0 Å². The van der Waals surface area contributed by atoms with Crippen molar-refractivity contribution in [1.82, 2.24) is 10.3 Å². The van der Waals surface area contributed by atoms with E-state index in [-0.39, 0.29) is 17.3 Å².